The highest BCUT2D eigenvalue weighted by Gasteiger charge is 2.14. The van der Waals surface area contributed by atoms with Gasteiger partial charge in [0.25, 0.3) is 0 Å². The van der Waals surface area contributed by atoms with Crippen LogP contribution < -0.4 is 5.32 Å². The first-order chi connectivity index (χ1) is 8.74. The molecule has 0 aliphatic rings. The summed E-state index contributed by atoms with van der Waals surface area (Å²) in [6.45, 7) is 7.71. The maximum atomic E-state index is 11.2. The topological polar surface area (TPSA) is 65.8 Å². The summed E-state index contributed by atoms with van der Waals surface area (Å²) in [5.41, 5.74) is 4.04. The second-order valence-electron chi connectivity index (χ2n) is 5.00. The number of nitrogens with one attached hydrogen (secondary N) is 1. The fourth-order valence-electron chi connectivity index (χ4n) is 1.23. The summed E-state index contributed by atoms with van der Waals surface area (Å²) >= 11 is 3.27. The van der Waals surface area contributed by atoms with Crippen LogP contribution in [0.3, 0.4) is 0 Å². The van der Waals surface area contributed by atoms with Gasteiger partial charge in [0.15, 0.2) is 0 Å². The lowest BCUT2D eigenvalue weighted by Gasteiger charge is -2.08. The van der Waals surface area contributed by atoms with Crippen LogP contribution in [0.2, 0.25) is 19.6 Å². The number of halogens is 1. The van der Waals surface area contributed by atoms with E-state index in [0.29, 0.717) is 21.4 Å². The van der Waals surface area contributed by atoms with Gasteiger partial charge in [-0.15, -0.1) is 5.54 Å². The number of amides is 1. The number of carbonyl (C=O) groups excluding carboxylic acids is 1. The smallest absolute Gasteiger partial charge is 0.222 e. The van der Waals surface area contributed by atoms with Gasteiger partial charge < -0.3 is 5.32 Å². The number of nitrogens with zero attached hydrogens (tertiary/aromatic N) is 2. The van der Waals surface area contributed by atoms with Gasteiger partial charge in [0, 0.05) is 13.1 Å². The molecule has 0 saturated carbocycles. The maximum Gasteiger partial charge on any atom is 0.222 e. The molecule has 6 heteroatoms. The molecular weight excluding hydrogens is 322 g/mol. The van der Waals surface area contributed by atoms with Crippen LogP contribution in [0.15, 0.2) is 10.7 Å². The Morgan fingerprint density at radius 2 is 2.05 bits per heavy atom. The zero-order valence-electron chi connectivity index (χ0n) is 11.3. The molecule has 0 atom stereocenters. The molecule has 0 saturated heterocycles. The first-order valence-electron chi connectivity index (χ1n) is 5.64. The van der Waals surface area contributed by atoms with Crippen LogP contribution in [0.4, 0.5) is 5.82 Å². The molecule has 98 valence electrons. The Hall–Kier alpha value is -1.63. The van der Waals surface area contributed by atoms with Crippen molar-refractivity contribution in [3.63, 3.8) is 0 Å². The average Bonchev–Trinajstić information content (AvgIpc) is 2.27. The van der Waals surface area contributed by atoms with Crippen molar-refractivity contribution in [3.8, 4) is 17.5 Å². The van der Waals surface area contributed by atoms with E-state index in [1.165, 1.54) is 13.1 Å². The number of anilines is 1. The second kappa shape index (κ2) is 6.01. The molecule has 1 aromatic rings. The van der Waals surface area contributed by atoms with Gasteiger partial charge in [-0.25, -0.2) is 4.98 Å². The van der Waals surface area contributed by atoms with Gasteiger partial charge in [0.2, 0.25) is 5.91 Å². The van der Waals surface area contributed by atoms with E-state index in [1.54, 1.807) is 0 Å². The first-order valence-corrected chi connectivity index (χ1v) is 9.93. The standard InChI is InChI=1S/C13H14BrN3OSi/c1-9(18)17-13-10(5-6-19(2,3)4)11(7-15)12(14)8-16-13/h8H,1-4H3,(H,16,17,18). The third-order valence-corrected chi connectivity index (χ3v) is 3.48. The molecule has 1 rings (SSSR count). The molecular formula is C13H14BrN3OSi. The van der Waals surface area contributed by atoms with Crippen molar-refractivity contribution in [1.82, 2.24) is 4.98 Å². The van der Waals surface area contributed by atoms with Gasteiger partial charge in [-0.2, -0.15) is 5.26 Å². The minimum Gasteiger partial charge on any atom is -0.310 e. The number of aromatic nitrogens is 1. The van der Waals surface area contributed by atoms with Crippen molar-refractivity contribution in [2.45, 2.75) is 26.6 Å². The molecule has 0 spiro atoms. The SMILES string of the molecule is CC(=O)Nc1ncc(Br)c(C#N)c1C#C[Si](C)(C)C. The van der Waals surface area contributed by atoms with Crippen molar-refractivity contribution >= 4 is 35.7 Å². The number of carbonyl (C=O) groups is 1. The fourth-order valence-corrected chi connectivity index (χ4v) is 2.12. The minimum atomic E-state index is -1.58. The highest BCUT2D eigenvalue weighted by atomic mass is 79.9. The van der Waals surface area contributed by atoms with Crippen molar-refractivity contribution in [2.24, 2.45) is 0 Å². The molecule has 1 amide bonds. The number of hydrogen-bond donors (Lipinski definition) is 1. The van der Waals surface area contributed by atoms with Crippen LogP contribution in [-0.2, 0) is 4.79 Å². The number of rotatable bonds is 1. The minimum absolute atomic E-state index is 0.241. The lowest BCUT2D eigenvalue weighted by molar-refractivity contribution is -0.114. The monoisotopic (exact) mass is 335 g/mol. The van der Waals surface area contributed by atoms with E-state index < -0.39 is 8.07 Å². The Morgan fingerprint density at radius 3 is 2.53 bits per heavy atom. The Labute approximate surface area is 122 Å². The Bertz CT molecular complexity index is 618. The number of nitriles is 1. The second-order valence-corrected chi connectivity index (χ2v) is 10.6. The van der Waals surface area contributed by atoms with Gasteiger partial charge in [-0.05, 0) is 15.9 Å². The third kappa shape index (κ3) is 4.51. The van der Waals surface area contributed by atoms with Crippen molar-refractivity contribution in [3.05, 3.63) is 21.8 Å². The Balaban J connectivity index is 3.46. The molecule has 0 unspecified atom stereocenters. The Kier molecular flexibility index (Phi) is 4.88. The van der Waals surface area contributed by atoms with Crippen molar-refractivity contribution in [1.29, 1.82) is 5.26 Å². The average molecular weight is 336 g/mol. The summed E-state index contributed by atoms with van der Waals surface area (Å²) in [5, 5.41) is 11.8. The van der Waals surface area contributed by atoms with Crippen LogP contribution in [0.5, 0.6) is 0 Å². The highest BCUT2D eigenvalue weighted by Crippen LogP contribution is 2.24. The largest absolute Gasteiger partial charge is 0.310 e. The Morgan fingerprint density at radius 1 is 1.42 bits per heavy atom. The zero-order valence-corrected chi connectivity index (χ0v) is 13.8. The molecule has 1 N–H and O–H groups in total. The summed E-state index contributed by atoms with van der Waals surface area (Å²) in [4.78, 5) is 15.3. The lowest BCUT2D eigenvalue weighted by atomic mass is 10.1. The first kappa shape index (κ1) is 15.4. The van der Waals surface area contributed by atoms with E-state index in [4.69, 9.17) is 0 Å². The summed E-state index contributed by atoms with van der Waals surface area (Å²) in [5.74, 6) is 3.09. The van der Waals surface area contributed by atoms with Crippen LogP contribution in [0.25, 0.3) is 0 Å². The molecule has 19 heavy (non-hydrogen) atoms. The molecule has 0 aliphatic heterocycles. The molecule has 4 nitrogen and oxygen atoms in total. The van der Waals surface area contributed by atoms with Crippen molar-refractivity contribution in [2.75, 3.05) is 5.32 Å². The number of hydrogen-bond acceptors (Lipinski definition) is 3. The van der Waals surface area contributed by atoms with E-state index in [9.17, 15) is 10.1 Å². The molecule has 0 aromatic carbocycles. The highest BCUT2D eigenvalue weighted by molar-refractivity contribution is 9.10. The third-order valence-electron chi connectivity index (χ3n) is 2.00. The van der Waals surface area contributed by atoms with Gasteiger partial charge in [-0.3, -0.25) is 4.79 Å². The maximum absolute atomic E-state index is 11.2. The summed E-state index contributed by atoms with van der Waals surface area (Å²) < 4.78 is 0.573. The van der Waals surface area contributed by atoms with Crippen LogP contribution >= 0.6 is 15.9 Å². The van der Waals surface area contributed by atoms with E-state index in [0.717, 1.165) is 0 Å². The quantitative estimate of drug-likeness (QED) is 0.633. The van der Waals surface area contributed by atoms with E-state index >= 15 is 0 Å². The fraction of sp³-hybridized carbons (Fsp3) is 0.308. The normalized spacial score (nSPS) is 10.1. The van der Waals surface area contributed by atoms with Gasteiger partial charge in [0.05, 0.1) is 15.6 Å². The molecule has 0 bridgehead atoms. The van der Waals surface area contributed by atoms with Crippen LogP contribution in [0.1, 0.15) is 18.1 Å². The predicted molar refractivity (Wildman–Crippen MR) is 81.2 cm³/mol. The molecule has 0 radical (unpaired) electrons. The van der Waals surface area contributed by atoms with E-state index in [1.807, 2.05) is 0 Å². The molecule has 0 fully saturated rings. The zero-order chi connectivity index (χ0) is 14.6. The summed E-state index contributed by atoms with van der Waals surface area (Å²) in [6.07, 6.45) is 1.49. The van der Waals surface area contributed by atoms with E-state index in [-0.39, 0.29) is 5.91 Å². The predicted octanol–water partition coefficient (Wildman–Crippen LogP) is 2.90. The van der Waals surface area contributed by atoms with Crippen LogP contribution in [0, 0.1) is 22.8 Å². The van der Waals surface area contributed by atoms with Gasteiger partial charge >= 0.3 is 0 Å². The summed E-state index contributed by atoms with van der Waals surface area (Å²) in [7, 11) is -1.58. The summed E-state index contributed by atoms with van der Waals surface area (Å²) in [6, 6.07) is 2.09. The lowest BCUT2D eigenvalue weighted by Crippen LogP contribution is -2.17. The van der Waals surface area contributed by atoms with Crippen molar-refractivity contribution < 1.29 is 4.79 Å². The van der Waals surface area contributed by atoms with Gasteiger partial charge in [-0.1, -0.05) is 25.6 Å². The van der Waals surface area contributed by atoms with Gasteiger partial charge in [0.1, 0.15) is 20.0 Å². The number of pyridine rings is 1. The van der Waals surface area contributed by atoms with Crippen LogP contribution in [-0.4, -0.2) is 19.0 Å². The molecule has 1 heterocycles. The molecule has 1 aromatic heterocycles. The molecule has 0 aliphatic carbocycles. The van der Waals surface area contributed by atoms with E-state index in [2.05, 4.69) is 63.4 Å².